The smallest absolute Gasteiger partial charge is 0.193 e. The van der Waals surface area contributed by atoms with Gasteiger partial charge in [-0.15, -0.1) is 24.0 Å². The number of hydrogen-bond acceptors (Lipinski definition) is 3. The average Bonchev–Trinajstić information content (AvgIpc) is 3.06. The molecule has 6 heteroatoms. The third-order valence-corrected chi connectivity index (χ3v) is 6.67. The number of nitrogens with zero attached hydrogens (tertiary/aromatic N) is 2. The normalized spacial score (nSPS) is 23.9. The van der Waals surface area contributed by atoms with Gasteiger partial charge in [0.15, 0.2) is 5.96 Å². The number of nitrogens with one attached hydrogen (secondary N) is 1. The Morgan fingerprint density at radius 2 is 2.08 bits per heavy atom. The summed E-state index contributed by atoms with van der Waals surface area (Å²) < 4.78 is 5.35. The molecule has 1 aliphatic heterocycles. The molecule has 2 rings (SSSR count). The van der Waals surface area contributed by atoms with Crippen LogP contribution >= 0.6 is 35.7 Å². The molecule has 0 amide bonds. The zero-order valence-electron chi connectivity index (χ0n) is 15.7. The molecule has 1 saturated heterocycles. The van der Waals surface area contributed by atoms with Crippen molar-refractivity contribution in [3.63, 3.8) is 0 Å². The standard InChI is InChI=1S/C18H35N3OS.HI/c1-4-16-14-21(11-13-23-16)17(19-5-2)20-15-18(10-12-22-3)8-6-7-9-18;/h16H,4-15H2,1-3H3,(H,19,20);1H. The van der Waals surface area contributed by atoms with Crippen LogP contribution in [0, 0.1) is 5.41 Å². The summed E-state index contributed by atoms with van der Waals surface area (Å²) in [6.07, 6.45) is 7.74. The molecule has 2 aliphatic rings. The van der Waals surface area contributed by atoms with Crippen LogP contribution in [0.3, 0.4) is 0 Å². The maximum Gasteiger partial charge on any atom is 0.193 e. The van der Waals surface area contributed by atoms with Crippen molar-refractivity contribution in [2.45, 2.75) is 57.6 Å². The first kappa shape index (κ1) is 22.4. The van der Waals surface area contributed by atoms with Crippen LogP contribution in [0.4, 0.5) is 0 Å². The van der Waals surface area contributed by atoms with Crippen molar-refractivity contribution in [1.82, 2.24) is 10.2 Å². The van der Waals surface area contributed by atoms with E-state index in [1.54, 1.807) is 0 Å². The van der Waals surface area contributed by atoms with Gasteiger partial charge in [0.2, 0.25) is 0 Å². The second kappa shape index (κ2) is 11.8. The first-order valence-corrected chi connectivity index (χ1v) is 10.4. The van der Waals surface area contributed by atoms with Gasteiger partial charge in [-0.05, 0) is 38.0 Å². The number of halogens is 1. The summed E-state index contributed by atoms with van der Waals surface area (Å²) in [5, 5.41) is 4.28. The lowest BCUT2D eigenvalue weighted by atomic mass is 9.83. The minimum Gasteiger partial charge on any atom is -0.385 e. The van der Waals surface area contributed by atoms with Crippen LogP contribution in [0.2, 0.25) is 0 Å². The third-order valence-electron chi connectivity index (χ3n) is 5.29. The topological polar surface area (TPSA) is 36.9 Å². The molecule has 4 nitrogen and oxygen atoms in total. The number of ether oxygens (including phenoxy) is 1. The Morgan fingerprint density at radius 3 is 2.71 bits per heavy atom. The summed E-state index contributed by atoms with van der Waals surface area (Å²) in [5.41, 5.74) is 0.380. The fraction of sp³-hybridized carbons (Fsp3) is 0.944. The lowest BCUT2D eigenvalue weighted by Crippen LogP contribution is -2.48. The van der Waals surface area contributed by atoms with E-state index in [2.05, 4.69) is 35.8 Å². The van der Waals surface area contributed by atoms with Gasteiger partial charge in [-0.1, -0.05) is 19.8 Å². The summed E-state index contributed by atoms with van der Waals surface area (Å²) in [6, 6.07) is 0. The lowest BCUT2D eigenvalue weighted by molar-refractivity contribution is 0.141. The van der Waals surface area contributed by atoms with Crippen molar-refractivity contribution in [2.75, 3.05) is 45.6 Å². The zero-order valence-corrected chi connectivity index (χ0v) is 18.8. The van der Waals surface area contributed by atoms with E-state index in [9.17, 15) is 0 Å². The van der Waals surface area contributed by atoms with Crippen molar-refractivity contribution >= 4 is 41.7 Å². The molecule has 1 saturated carbocycles. The number of rotatable bonds is 7. The maximum absolute atomic E-state index is 5.35. The molecule has 142 valence electrons. The van der Waals surface area contributed by atoms with E-state index in [4.69, 9.17) is 9.73 Å². The van der Waals surface area contributed by atoms with Gasteiger partial charge in [-0.2, -0.15) is 11.8 Å². The summed E-state index contributed by atoms with van der Waals surface area (Å²) in [6.45, 7) is 9.50. The number of thioether (sulfide) groups is 1. The van der Waals surface area contributed by atoms with E-state index in [1.165, 1.54) is 37.9 Å². The highest BCUT2D eigenvalue weighted by molar-refractivity contribution is 14.0. The molecule has 2 fully saturated rings. The van der Waals surface area contributed by atoms with Gasteiger partial charge >= 0.3 is 0 Å². The van der Waals surface area contributed by atoms with Crippen LogP contribution in [0.5, 0.6) is 0 Å². The van der Waals surface area contributed by atoms with E-state index in [1.807, 2.05) is 7.11 Å². The van der Waals surface area contributed by atoms with Gasteiger partial charge in [0.05, 0.1) is 0 Å². The minimum atomic E-state index is 0. The van der Waals surface area contributed by atoms with Crippen LogP contribution < -0.4 is 5.32 Å². The van der Waals surface area contributed by atoms with E-state index < -0.39 is 0 Å². The molecule has 1 unspecified atom stereocenters. The second-order valence-electron chi connectivity index (χ2n) is 6.97. The van der Waals surface area contributed by atoms with Crippen LogP contribution in [0.25, 0.3) is 0 Å². The number of hydrogen-bond donors (Lipinski definition) is 1. The fourth-order valence-electron chi connectivity index (χ4n) is 3.76. The molecular weight excluding hydrogens is 433 g/mol. The van der Waals surface area contributed by atoms with Crippen molar-refractivity contribution in [1.29, 1.82) is 0 Å². The van der Waals surface area contributed by atoms with E-state index in [0.29, 0.717) is 5.41 Å². The molecule has 0 aromatic carbocycles. The first-order chi connectivity index (χ1) is 11.2. The molecule has 1 atom stereocenters. The SMILES string of the molecule is CCNC(=NCC1(CCOC)CCCC1)N1CCSC(CC)C1.I. The van der Waals surface area contributed by atoms with Gasteiger partial charge in [0.1, 0.15) is 0 Å². The summed E-state index contributed by atoms with van der Waals surface area (Å²) in [4.78, 5) is 7.56. The Balaban J connectivity index is 0.00000288. The molecule has 1 aliphatic carbocycles. The van der Waals surface area contributed by atoms with Gasteiger partial charge in [0, 0.05) is 50.9 Å². The summed E-state index contributed by atoms with van der Waals surface area (Å²) in [5.74, 6) is 2.35. The molecule has 1 N–H and O–H groups in total. The number of guanidine groups is 1. The highest BCUT2D eigenvalue weighted by Crippen LogP contribution is 2.41. The molecule has 0 aromatic rings. The van der Waals surface area contributed by atoms with Gasteiger partial charge in [-0.3, -0.25) is 4.99 Å². The Bertz CT molecular complexity index is 375. The Kier molecular flexibility index (Phi) is 11.0. The predicted molar refractivity (Wildman–Crippen MR) is 117 cm³/mol. The molecule has 0 aromatic heterocycles. The lowest BCUT2D eigenvalue weighted by Gasteiger charge is -2.35. The second-order valence-corrected chi connectivity index (χ2v) is 8.38. The fourth-order valence-corrected chi connectivity index (χ4v) is 4.94. The van der Waals surface area contributed by atoms with Crippen molar-refractivity contribution < 1.29 is 4.74 Å². The third kappa shape index (κ3) is 6.56. The summed E-state index contributed by atoms with van der Waals surface area (Å²) in [7, 11) is 1.81. The monoisotopic (exact) mass is 469 g/mol. The average molecular weight is 469 g/mol. The van der Waals surface area contributed by atoms with Crippen LogP contribution in [0.15, 0.2) is 4.99 Å². The van der Waals surface area contributed by atoms with Gasteiger partial charge in [-0.25, -0.2) is 0 Å². The van der Waals surface area contributed by atoms with E-state index >= 15 is 0 Å². The molecule has 0 spiro atoms. The number of methoxy groups -OCH3 is 1. The maximum atomic E-state index is 5.35. The Hall–Kier alpha value is 0.310. The van der Waals surface area contributed by atoms with Crippen LogP contribution in [0.1, 0.15) is 52.4 Å². The number of aliphatic imine (C=N–C) groups is 1. The highest BCUT2D eigenvalue weighted by atomic mass is 127. The predicted octanol–water partition coefficient (Wildman–Crippen LogP) is 3.99. The van der Waals surface area contributed by atoms with E-state index in [0.717, 1.165) is 50.4 Å². The largest absolute Gasteiger partial charge is 0.385 e. The zero-order chi connectivity index (χ0) is 16.5. The molecule has 1 heterocycles. The van der Waals surface area contributed by atoms with Crippen molar-refractivity contribution in [2.24, 2.45) is 10.4 Å². The highest BCUT2D eigenvalue weighted by Gasteiger charge is 2.33. The van der Waals surface area contributed by atoms with Crippen LogP contribution in [-0.4, -0.2) is 61.8 Å². The Labute approximate surface area is 170 Å². The quantitative estimate of drug-likeness (QED) is 0.348. The molecular formula is C18H36IN3OS. The Morgan fingerprint density at radius 1 is 1.33 bits per heavy atom. The molecule has 0 bridgehead atoms. The van der Waals surface area contributed by atoms with Crippen LogP contribution in [-0.2, 0) is 4.74 Å². The minimum absolute atomic E-state index is 0. The first-order valence-electron chi connectivity index (χ1n) is 9.37. The van der Waals surface area contributed by atoms with Gasteiger partial charge in [0.25, 0.3) is 0 Å². The summed E-state index contributed by atoms with van der Waals surface area (Å²) >= 11 is 2.12. The molecule has 0 radical (unpaired) electrons. The van der Waals surface area contributed by atoms with Crippen molar-refractivity contribution in [3.8, 4) is 0 Å². The van der Waals surface area contributed by atoms with E-state index in [-0.39, 0.29) is 24.0 Å². The van der Waals surface area contributed by atoms with Gasteiger partial charge < -0.3 is 15.0 Å². The van der Waals surface area contributed by atoms with Crippen molar-refractivity contribution in [3.05, 3.63) is 0 Å². The molecule has 24 heavy (non-hydrogen) atoms.